The first-order valence-corrected chi connectivity index (χ1v) is 16.5. The number of ether oxygens (including phenoxy) is 2. The van der Waals surface area contributed by atoms with E-state index in [-0.39, 0.29) is 23.0 Å². The molecular weight excluding hydrogens is 672 g/mol. The van der Waals surface area contributed by atoms with E-state index in [9.17, 15) is 18.4 Å². The highest BCUT2D eigenvalue weighted by Crippen LogP contribution is 2.33. The molecule has 4 aromatic rings. The van der Waals surface area contributed by atoms with Crippen molar-refractivity contribution in [1.82, 2.24) is 40.1 Å². The lowest BCUT2D eigenvalue weighted by Crippen LogP contribution is -2.58. The Morgan fingerprint density at radius 3 is 2.54 bits per heavy atom. The Hall–Kier alpha value is -4.89. The van der Waals surface area contributed by atoms with Crippen LogP contribution in [0.3, 0.4) is 0 Å². The van der Waals surface area contributed by atoms with Crippen LogP contribution in [-0.2, 0) is 9.47 Å². The van der Waals surface area contributed by atoms with Crippen molar-refractivity contribution in [3.05, 3.63) is 77.3 Å². The Bertz CT molecular complexity index is 1830. The lowest BCUT2D eigenvalue weighted by atomic mass is 9.92. The van der Waals surface area contributed by atoms with Crippen molar-refractivity contribution in [3.63, 3.8) is 0 Å². The van der Waals surface area contributed by atoms with Gasteiger partial charge in [0.25, 0.3) is 11.8 Å². The minimum absolute atomic E-state index is 0.0617. The molecule has 4 heterocycles. The van der Waals surface area contributed by atoms with Gasteiger partial charge in [-0.3, -0.25) is 29.8 Å². The third-order valence-electron chi connectivity index (χ3n) is 8.51. The average Bonchev–Trinajstić information content (AvgIpc) is 3.74. The van der Waals surface area contributed by atoms with E-state index in [4.69, 9.17) is 26.5 Å². The van der Waals surface area contributed by atoms with Crippen molar-refractivity contribution in [2.75, 3.05) is 39.5 Å². The number of carbonyl (C=O) groups excluding carboxylic acids is 2. The third kappa shape index (κ3) is 7.94. The second kappa shape index (κ2) is 14.2. The number of H-pyrrole nitrogens is 1. The van der Waals surface area contributed by atoms with E-state index >= 15 is 0 Å². The fourth-order valence-corrected chi connectivity index (χ4v) is 5.72. The minimum atomic E-state index is -2.99. The predicted octanol–water partition coefficient (Wildman–Crippen LogP) is 5.79. The molecule has 1 atom stereocenters. The molecule has 2 aliphatic heterocycles. The number of rotatable bonds is 10. The lowest BCUT2D eigenvalue weighted by Gasteiger charge is -2.38. The van der Waals surface area contributed by atoms with Crippen molar-refractivity contribution < 1.29 is 27.8 Å². The van der Waals surface area contributed by atoms with Gasteiger partial charge in [-0.05, 0) is 47.2 Å². The molecule has 16 heteroatoms. The molecule has 2 aliphatic rings. The number of aromatic nitrogens is 5. The molecule has 6 rings (SSSR count). The summed E-state index contributed by atoms with van der Waals surface area (Å²) in [4.78, 5) is 33.6. The molecule has 2 saturated heterocycles. The van der Waals surface area contributed by atoms with Crippen LogP contribution in [0.4, 0.5) is 13.6 Å². The molecule has 0 spiro atoms. The molecule has 0 unspecified atom stereocenters. The van der Waals surface area contributed by atoms with Gasteiger partial charge in [-0.15, -0.1) is 0 Å². The number of likely N-dealkylation sites (tertiary alicyclic amines) is 1. The van der Waals surface area contributed by atoms with E-state index in [1.807, 2.05) is 10.9 Å². The maximum Gasteiger partial charge on any atom is 0.410 e. The molecule has 0 saturated carbocycles. The van der Waals surface area contributed by atoms with Gasteiger partial charge in [0, 0.05) is 29.4 Å². The maximum absolute atomic E-state index is 14.5. The molecule has 2 amide bonds. The third-order valence-corrected chi connectivity index (χ3v) is 8.84. The molecule has 50 heavy (non-hydrogen) atoms. The smallest absolute Gasteiger partial charge is 0.410 e. The predicted molar refractivity (Wildman–Crippen MR) is 181 cm³/mol. The van der Waals surface area contributed by atoms with Crippen LogP contribution in [0.1, 0.15) is 55.2 Å². The number of nitrogens with zero attached hydrogens (tertiary/aromatic N) is 6. The second-order valence-electron chi connectivity index (χ2n) is 13.6. The summed E-state index contributed by atoms with van der Waals surface area (Å²) in [7, 11) is 0. The highest BCUT2D eigenvalue weighted by atomic mass is 35.5. The molecule has 0 radical (unpaired) electrons. The topological polar surface area (TPSA) is 154 Å². The molecule has 13 nitrogen and oxygen atoms in total. The Morgan fingerprint density at radius 1 is 1.18 bits per heavy atom. The zero-order chi connectivity index (χ0) is 35.6. The Kier molecular flexibility index (Phi) is 9.89. The van der Waals surface area contributed by atoms with Crippen LogP contribution in [0, 0.1) is 10.8 Å². The van der Waals surface area contributed by atoms with Gasteiger partial charge in [0.15, 0.2) is 11.8 Å². The normalized spacial score (nSPS) is 16.2. The zero-order valence-corrected chi connectivity index (χ0v) is 28.6. The molecule has 3 N–H and O–H groups in total. The molecule has 0 bridgehead atoms. The summed E-state index contributed by atoms with van der Waals surface area (Å²) in [6.45, 7) is 5.80. The standard InChI is InChI=1S/C34H38ClF2N9O4/c1-33(2,3)10-11-39-31(38)46(30(47)22-6-4-21(5-7-22)24-13-42-45(14-24)25-15-49-16-25)28(17-50-32(48)44-18-34(36,37)19-44)23-8-9-27(35)26(12-23)29-40-20-41-43-29/h4-9,12-14,20,25,28H,10-11,15-19H2,1-3H3,(H2,38,39)(H,40,41,43)/t28-/m1/s1. The molecule has 0 aliphatic carbocycles. The van der Waals surface area contributed by atoms with Crippen molar-refractivity contribution in [2.24, 2.45) is 5.41 Å². The molecular formula is C34H38ClF2N9O4. The average molecular weight is 710 g/mol. The van der Waals surface area contributed by atoms with Gasteiger partial charge < -0.3 is 14.8 Å². The van der Waals surface area contributed by atoms with E-state index in [2.05, 4.69) is 46.4 Å². The number of amides is 2. The van der Waals surface area contributed by atoms with E-state index < -0.39 is 43.7 Å². The number of guanidine groups is 1. The monoisotopic (exact) mass is 709 g/mol. The molecule has 2 fully saturated rings. The van der Waals surface area contributed by atoms with Crippen LogP contribution in [0.2, 0.25) is 5.02 Å². The van der Waals surface area contributed by atoms with Gasteiger partial charge in [0.2, 0.25) is 0 Å². The summed E-state index contributed by atoms with van der Waals surface area (Å²) >= 11 is 6.52. The maximum atomic E-state index is 14.5. The van der Waals surface area contributed by atoms with Crippen LogP contribution in [0.25, 0.3) is 22.5 Å². The molecule has 2 aromatic carbocycles. The van der Waals surface area contributed by atoms with Crippen LogP contribution in [-0.4, -0.2) is 98.1 Å². The number of hydrogen-bond donors (Lipinski definition) is 3. The van der Waals surface area contributed by atoms with Gasteiger partial charge in [0.1, 0.15) is 12.9 Å². The van der Waals surface area contributed by atoms with Gasteiger partial charge in [-0.1, -0.05) is 50.6 Å². The number of nitrogens with one attached hydrogen (secondary N) is 3. The van der Waals surface area contributed by atoms with E-state index in [1.54, 1.807) is 48.7 Å². The Balaban J connectivity index is 1.33. The first kappa shape index (κ1) is 35.0. The largest absolute Gasteiger partial charge is 0.447 e. The van der Waals surface area contributed by atoms with Crippen LogP contribution < -0.4 is 5.32 Å². The lowest BCUT2D eigenvalue weighted by molar-refractivity contribution is -0.120. The first-order chi connectivity index (χ1) is 23.8. The van der Waals surface area contributed by atoms with Gasteiger partial charge in [-0.25, -0.2) is 18.6 Å². The van der Waals surface area contributed by atoms with Crippen molar-refractivity contribution in [1.29, 1.82) is 5.41 Å². The van der Waals surface area contributed by atoms with Crippen molar-refractivity contribution in [2.45, 2.75) is 45.2 Å². The Morgan fingerprint density at radius 2 is 1.92 bits per heavy atom. The number of halogens is 3. The highest BCUT2D eigenvalue weighted by molar-refractivity contribution is 6.33. The summed E-state index contributed by atoms with van der Waals surface area (Å²) in [5.74, 6) is -3.42. The number of aromatic amines is 1. The minimum Gasteiger partial charge on any atom is -0.447 e. The Labute approximate surface area is 292 Å². The summed E-state index contributed by atoms with van der Waals surface area (Å²) in [5.41, 5.74) is 2.81. The highest BCUT2D eigenvalue weighted by Gasteiger charge is 2.47. The molecule has 2 aromatic heterocycles. The summed E-state index contributed by atoms with van der Waals surface area (Å²) in [5, 5.41) is 23.6. The van der Waals surface area contributed by atoms with Crippen molar-refractivity contribution in [3.8, 4) is 22.5 Å². The van der Waals surface area contributed by atoms with Crippen LogP contribution in [0.15, 0.2) is 61.2 Å². The van der Waals surface area contributed by atoms with Crippen LogP contribution >= 0.6 is 11.6 Å². The number of benzene rings is 2. The number of hydrogen-bond acceptors (Lipinski definition) is 8. The first-order valence-electron chi connectivity index (χ1n) is 16.1. The quantitative estimate of drug-likeness (QED) is 0.138. The summed E-state index contributed by atoms with van der Waals surface area (Å²) in [6, 6.07) is 10.9. The number of carbonyl (C=O) groups is 2. The van der Waals surface area contributed by atoms with E-state index in [0.717, 1.165) is 16.0 Å². The van der Waals surface area contributed by atoms with E-state index in [0.29, 0.717) is 48.2 Å². The van der Waals surface area contributed by atoms with Crippen LogP contribution in [0.5, 0.6) is 0 Å². The fourth-order valence-electron chi connectivity index (χ4n) is 5.52. The zero-order valence-electron chi connectivity index (χ0n) is 27.8. The summed E-state index contributed by atoms with van der Waals surface area (Å²) in [6.07, 6.45) is 4.73. The summed E-state index contributed by atoms with van der Waals surface area (Å²) < 4.78 is 39.8. The number of alkyl halides is 2. The van der Waals surface area contributed by atoms with Gasteiger partial charge in [0.05, 0.1) is 49.6 Å². The van der Waals surface area contributed by atoms with Crippen molar-refractivity contribution >= 4 is 29.6 Å². The second-order valence-corrected chi connectivity index (χ2v) is 14.0. The molecule has 264 valence electrons. The van der Waals surface area contributed by atoms with Gasteiger partial charge >= 0.3 is 6.09 Å². The fraction of sp³-hybridized carbons (Fsp3) is 0.412. The van der Waals surface area contributed by atoms with Gasteiger partial charge in [-0.2, -0.15) is 10.2 Å². The SMILES string of the molecule is CC(C)(C)CCNC(=N)N(C(=O)c1ccc(-c2cnn(C3COC3)c2)cc1)[C@H](COC(=O)N1CC(F)(F)C1)c1ccc(Cl)c(-c2ncn[nH]2)c1. The van der Waals surface area contributed by atoms with E-state index in [1.165, 1.54) is 11.2 Å².